The van der Waals surface area contributed by atoms with Crippen LogP contribution in [-0.2, 0) is 13.6 Å². The summed E-state index contributed by atoms with van der Waals surface area (Å²) in [6.07, 6.45) is 5.25. The summed E-state index contributed by atoms with van der Waals surface area (Å²) in [5.74, 6) is 0.773. The second-order valence-corrected chi connectivity index (χ2v) is 5.36. The topological polar surface area (TPSA) is 73.5 Å². The van der Waals surface area contributed by atoms with Gasteiger partial charge in [0.05, 0.1) is 11.9 Å². The number of rotatable bonds is 4. The first-order valence-corrected chi connectivity index (χ1v) is 7.01. The van der Waals surface area contributed by atoms with Crippen molar-refractivity contribution in [3.05, 3.63) is 29.4 Å². The number of hydrogen-bond donors (Lipinski definition) is 1. The SMILES string of the molecule is CC(Cn1cccn1)Nc1ncnc2c1c(Br)nn2C. The number of aromatic nitrogens is 6. The van der Waals surface area contributed by atoms with E-state index in [4.69, 9.17) is 0 Å². The van der Waals surface area contributed by atoms with E-state index in [1.807, 2.05) is 24.0 Å². The van der Waals surface area contributed by atoms with E-state index in [0.717, 1.165) is 28.0 Å². The number of fused-ring (bicyclic) bond motifs is 1. The van der Waals surface area contributed by atoms with Gasteiger partial charge in [-0.25, -0.2) is 14.6 Å². The smallest absolute Gasteiger partial charge is 0.164 e. The fourth-order valence-corrected chi connectivity index (χ4v) is 2.72. The third-order valence-electron chi connectivity index (χ3n) is 2.98. The summed E-state index contributed by atoms with van der Waals surface area (Å²) in [5, 5.41) is 12.8. The molecule has 0 amide bonds. The molecule has 3 aromatic heterocycles. The Morgan fingerprint density at radius 3 is 3.00 bits per heavy atom. The zero-order valence-corrected chi connectivity index (χ0v) is 12.7. The van der Waals surface area contributed by atoms with Gasteiger partial charge in [-0.3, -0.25) is 4.68 Å². The van der Waals surface area contributed by atoms with E-state index in [1.165, 1.54) is 0 Å². The van der Waals surface area contributed by atoms with Crippen LogP contribution in [-0.4, -0.2) is 35.6 Å². The molecule has 7 nitrogen and oxygen atoms in total. The molecule has 0 saturated heterocycles. The van der Waals surface area contributed by atoms with Gasteiger partial charge >= 0.3 is 0 Å². The van der Waals surface area contributed by atoms with Crippen LogP contribution < -0.4 is 5.32 Å². The lowest BCUT2D eigenvalue weighted by atomic mass is 10.3. The quantitative estimate of drug-likeness (QED) is 0.787. The lowest BCUT2D eigenvalue weighted by molar-refractivity contribution is 0.560. The van der Waals surface area contributed by atoms with E-state index in [9.17, 15) is 0 Å². The molecule has 3 aromatic rings. The first kappa shape index (κ1) is 13.0. The minimum Gasteiger partial charge on any atom is -0.365 e. The molecule has 0 aliphatic heterocycles. The normalized spacial score (nSPS) is 12.8. The molecular formula is C12H14BrN7. The number of nitrogens with zero attached hydrogens (tertiary/aromatic N) is 6. The highest BCUT2D eigenvalue weighted by Crippen LogP contribution is 2.27. The molecule has 0 fully saturated rings. The van der Waals surface area contributed by atoms with Gasteiger partial charge in [0.15, 0.2) is 5.65 Å². The van der Waals surface area contributed by atoms with Crippen LogP contribution in [0.4, 0.5) is 5.82 Å². The van der Waals surface area contributed by atoms with Crippen molar-refractivity contribution in [1.82, 2.24) is 29.5 Å². The second-order valence-electron chi connectivity index (χ2n) is 4.61. The number of anilines is 1. The largest absolute Gasteiger partial charge is 0.365 e. The van der Waals surface area contributed by atoms with Crippen LogP contribution in [0, 0.1) is 0 Å². The maximum atomic E-state index is 4.32. The Morgan fingerprint density at radius 2 is 2.25 bits per heavy atom. The van der Waals surface area contributed by atoms with Gasteiger partial charge < -0.3 is 5.32 Å². The molecule has 3 heterocycles. The average molecular weight is 336 g/mol. The Kier molecular flexibility index (Phi) is 3.39. The number of hydrogen-bond acceptors (Lipinski definition) is 5. The number of nitrogens with one attached hydrogen (secondary N) is 1. The summed E-state index contributed by atoms with van der Waals surface area (Å²) in [6, 6.07) is 2.09. The standard InChI is InChI=1S/C12H14BrN7/c1-8(6-20-5-3-4-16-20)17-11-9-10(13)18-19(2)12(9)15-7-14-11/h3-5,7-8H,6H2,1-2H3,(H,14,15,17). The van der Waals surface area contributed by atoms with Crippen LogP contribution >= 0.6 is 15.9 Å². The first-order chi connectivity index (χ1) is 9.65. The van der Waals surface area contributed by atoms with Crippen molar-refractivity contribution in [1.29, 1.82) is 0 Å². The lowest BCUT2D eigenvalue weighted by Crippen LogP contribution is -2.23. The van der Waals surface area contributed by atoms with Crippen LogP contribution in [0.15, 0.2) is 29.4 Å². The van der Waals surface area contributed by atoms with Gasteiger partial charge in [0.1, 0.15) is 16.7 Å². The van der Waals surface area contributed by atoms with E-state index in [2.05, 4.69) is 48.3 Å². The van der Waals surface area contributed by atoms with Crippen molar-refractivity contribution in [2.45, 2.75) is 19.5 Å². The summed E-state index contributed by atoms with van der Waals surface area (Å²) >= 11 is 3.45. The fourth-order valence-electron chi connectivity index (χ4n) is 2.12. The molecule has 3 rings (SSSR count). The Morgan fingerprint density at radius 1 is 1.40 bits per heavy atom. The molecule has 0 bridgehead atoms. The summed E-state index contributed by atoms with van der Waals surface area (Å²) in [5.41, 5.74) is 0.792. The highest BCUT2D eigenvalue weighted by Gasteiger charge is 2.14. The number of halogens is 1. The zero-order valence-electron chi connectivity index (χ0n) is 11.2. The van der Waals surface area contributed by atoms with Crippen LogP contribution in [0.25, 0.3) is 11.0 Å². The molecule has 0 aromatic carbocycles. The molecule has 20 heavy (non-hydrogen) atoms. The summed E-state index contributed by atoms with van der Waals surface area (Å²) in [4.78, 5) is 8.56. The van der Waals surface area contributed by atoms with Gasteiger partial charge in [0.25, 0.3) is 0 Å². The van der Waals surface area contributed by atoms with E-state index >= 15 is 0 Å². The van der Waals surface area contributed by atoms with Gasteiger partial charge in [-0.2, -0.15) is 10.2 Å². The molecule has 0 aliphatic carbocycles. The van der Waals surface area contributed by atoms with Gasteiger partial charge in [0.2, 0.25) is 0 Å². The van der Waals surface area contributed by atoms with Crippen LogP contribution in [0.5, 0.6) is 0 Å². The average Bonchev–Trinajstić information content (AvgIpc) is 2.99. The molecule has 8 heteroatoms. The Labute approximate surface area is 124 Å². The van der Waals surface area contributed by atoms with Crippen molar-refractivity contribution in [2.24, 2.45) is 7.05 Å². The van der Waals surface area contributed by atoms with Gasteiger partial charge in [-0.1, -0.05) is 0 Å². The third-order valence-corrected chi connectivity index (χ3v) is 3.54. The molecule has 0 spiro atoms. The molecule has 1 unspecified atom stereocenters. The fraction of sp³-hybridized carbons (Fsp3) is 0.333. The predicted octanol–water partition coefficient (Wildman–Crippen LogP) is 1.82. The van der Waals surface area contributed by atoms with Gasteiger partial charge in [-0.05, 0) is 28.9 Å². The molecule has 0 radical (unpaired) electrons. The van der Waals surface area contributed by atoms with Crippen molar-refractivity contribution in [3.63, 3.8) is 0 Å². The third kappa shape index (κ3) is 2.38. The Bertz CT molecular complexity index is 719. The second kappa shape index (κ2) is 5.20. The van der Waals surface area contributed by atoms with Crippen LogP contribution in [0.2, 0.25) is 0 Å². The van der Waals surface area contributed by atoms with Gasteiger partial charge in [0, 0.05) is 25.5 Å². The molecule has 104 valence electrons. The first-order valence-electron chi connectivity index (χ1n) is 6.22. The minimum absolute atomic E-state index is 0.181. The van der Waals surface area contributed by atoms with E-state index in [-0.39, 0.29) is 6.04 Å². The van der Waals surface area contributed by atoms with Crippen molar-refractivity contribution in [2.75, 3.05) is 5.32 Å². The summed E-state index contributed by atoms with van der Waals surface area (Å²) < 4.78 is 4.35. The van der Waals surface area contributed by atoms with E-state index in [0.29, 0.717) is 0 Å². The van der Waals surface area contributed by atoms with Gasteiger partial charge in [-0.15, -0.1) is 0 Å². The predicted molar refractivity (Wildman–Crippen MR) is 79.3 cm³/mol. The number of aryl methyl sites for hydroxylation is 1. The van der Waals surface area contributed by atoms with E-state index in [1.54, 1.807) is 17.2 Å². The maximum Gasteiger partial charge on any atom is 0.164 e. The molecule has 0 aliphatic rings. The summed E-state index contributed by atoms with van der Waals surface area (Å²) in [6.45, 7) is 2.84. The maximum absolute atomic E-state index is 4.32. The minimum atomic E-state index is 0.181. The Hall–Kier alpha value is -1.96. The molecule has 1 atom stereocenters. The van der Waals surface area contributed by atoms with Crippen molar-refractivity contribution in [3.8, 4) is 0 Å². The van der Waals surface area contributed by atoms with Crippen molar-refractivity contribution < 1.29 is 0 Å². The van der Waals surface area contributed by atoms with Crippen LogP contribution in [0.3, 0.4) is 0 Å². The Balaban J connectivity index is 1.87. The lowest BCUT2D eigenvalue weighted by Gasteiger charge is -2.15. The monoisotopic (exact) mass is 335 g/mol. The van der Waals surface area contributed by atoms with E-state index < -0.39 is 0 Å². The molecule has 1 N–H and O–H groups in total. The molecular weight excluding hydrogens is 322 g/mol. The highest BCUT2D eigenvalue weighted by atomic mass is 79.9. The summed E-state index contributed by atoms with van der Waals surface area (Å²) in [7, 11) is 1.86. The zero-order chi connectivity index (χ0) is 14.1. The highest BCUT2D eigenvalue weighted by molar-refractivity contribution is 9.10. The van der Waals surface area contributed by atoms with Crippen molar-refractivity contribution >= 4 is 32.8 Å². The molecule has 0 saturated carbocycles. The van der Waals surface area contributed by atoms with Crippen LogP contribution in [0.1, 0.15) is 6.92 Å².